The van der Waals surface area contributed by atoms with Gasteiger partial charge in [0.2, 0.25) is 0 Å². The Labute approximate surface area is 224 Å². The molecule has 4 aromatic rings. The summed E-state index contributed by atoms with van der Waals surface area (Å²) < 4.78 is 16.1. The monoisotopic (exact) mass is 532 g/mol. The number of ether oxygens (including phenoxy) is 3. The van der Waals surface area contributed by atoms with E-state index >= 15 is 0 Å². The van der Waals surface area contributed by atoms with Gasteiger partial charge in [0.25, 0.3) is 0 Å². The van der Waals surface area contributed by atoms with Crippen molar-refractivity contribution in [3.63, 3.8) is 0 Å². The SMILES string of the molecule is COC(=O)C1=C(Nc2ccc(OC)cc2)C[C@@H](c2cccs2)N(c2ccc(OC)cc2)[C@@H]1c1cccs1. The van der Waals surface area contributed by atoms with Gasteiger partial charge in [0.05, 0.1) is 39.0 Å². The predicted molar refractivity (Wildman–Crippen MR) is 150 cm³/mol. The molecule has 5 rings (SSSR count). The van der Waals surface area contributed by atoms with Gasteiger partial charge in [-0.15, -0.1) is 22.7 Å². The van der Waals surface area contributed by atoms with Gasteiger partial charge in [0.1, 0.15) is 11.5 Å². The van der Waals surface area contributed by atoms with Crippen molar-refractivity contribution in [3.05, 3.63) is 105 Å². The lowest BCUT2D eigenvalue weighted by molar-refractivity contribution is -0.136. The fourth-order valence-corrected chi connectivity index (χ4v) is 6.38. The van der Waals surface area contributed by atoms with Crippen LogP contribution in [-0.4, -0.2) is 27.3 Å². The molecule has 0 fully saturated rings. The highest BCUT2D eigenvalue weighted by Crippen LogP contribution is 2.49. The van der Waals surface area contributed by atoms with Crippen molar-refractivity contribution in [2.45, 2.75) is 18.5 Å². The zero-order chi connectivity index (χ0) is 25.8. The lowest BCUT2D eigenvalue weighted by Gasteiger charge is -2.44. The third-order valence-corrected chi connectivity index (χ3v) is 8.35. The van der Waals surface area contributed by atoms with Crippen molar-refractivity contribution in [2.24, 2.45) is 0 Å². The largest absolute Gasteiger partial charge is 0.497 e. The number of hydrogen-bond acceptors (Lipinski definition) is 8. The number of esters is 1. The number of methoxy groups -OCH3 is 3. The molecular weight excluding hydrogens is 504 g/mol. The molecule has 8 heteroatoms. The molecular formula is C29H28N2O4S2. The van der Waals surface area contributed by atoms with Gasteiger partial charge >= 0.3 is 5.97 Å². The maximum atomic E-state index is 13.5. The number of nitrogens with zero attached hydrogens (tertiary/aromatic N) is 1. The Morgan fingerprint density at radius 1 is 0.838 bits per heavy atom. The average Bonchev–Trinajstić information content (AvgIpc) is 3.68. The van der Waals surface area contributed by atoms with E-state index in [0.29, 0.717) is 12.0 Å². The van der Waals surface area contributed by atoms with Crippen LogP contribution in [0.4, 0.5) is 11.4 Å². The first-order chi connectivity index (χ1) is 18.1. The van der Waals surface area contributed by atoms with Gasteiger partial charge < -0.3 is 24.4 Å². The number of carbonyl (C=O) groups is 1. The van der Waals surface area contributed by atoms with Crippen molar-refractivity contribution < 1.29 is 19.0 Å². The molecule has 0 amide bonds. The third-order valence-electron chi connectivity index (χ3n) is 6.46. The molecule has 3 heterocycles. The van der Waals surface area contributed by atoms with E-state index in [1.165, 1.54) is 12.0 Å². The second kappa shape index (κ2) is 11.1. The van der Waals surface area contributed by atoms with Crippen LogP contribution in [0.2, 0.25) is 0 Å². The highest BCUT2D eigenvalue weighted by atomic mass is 32.1. The van der Waals surface area contributed by atoms with Crippen molar-refractivity contribution >= 4 is 40.0 Å². The first-order valence-corrected chi connectivity index (χ1v) is 13.6. The first-order valence-electron chi connectivity index (χ1n) is 11.8. The summed E-state index contributed by atoms with van der Waals surface area (Å²) in [5, 5.41) is 7.70. The third kappa shape index (κ3) is 5.08. The Bertz CT molecular complexity index is 1350. The van der Waals surface area contributed by atoms with Crippen molar-refractivity contribution in [3.8, 4) is 11.5 Å². The minimum Gasteiger partial charge on any atom is -0.497 e. The summed E-state index contributed by atoms with van der Waals surface area (Å²) in [5.74, 6) is 1.21. The fraction of sp³-hybridized carbons (Fsp3) is 0.207. The lowest BCUT2D eigenvalue weighted by Crippen LogP contribution is -2.41. The van der Waals surface area contributed by atoms with E-state index in [0.717, 1.165) is 33.4 Å². The zero-order valence-electron chi connectivity index (χ0n) is 20.8. The van der Waals surface area contributed by atoms with E-state index in [9.17, 15) is 4.79 Å². The van der Waals surface area contributed by atoms with Gasteiger partial charge in [-0.2, -0.15) is 0 Å². The van der Waals surface area contributed by atoms with Crippen LogP contribution in [0.1, 0.15) is 28.3 Å². The number of nitrogens with one attached hydrogen (secondary N) is 1. The molecule has 1 aliphatic heterocycles. The lowest BCUT2D eigenvalue weighted by atomic mass is 9.89. The molecule has 2 aromatic heterocycles. The maximum absolute atomic E-state index is 13.5. The van der Waals surface area contributed by atoms with Crippen LogP contribution in [-0.2, 0) is 9.53 Å². The molecule has 190 valence electrons. The summed E-state index contributed by atoms with van der Waals surface area (Å²) >= 11 is 3.35. The van der Waals surface area contributed by atoms with Gasteiger partial charge in [0.15, 0.2) is 0 Å². The number of rotatable bonds is 8. The average molecular weight is 533 g/mol. The number of benzene rings is 2. The summed E-state index contributed by atoms with van der Waals surface area (Å²) in [5.41, 5.74) is 3.33. The van der Waals surface area contributed by atoms with Gasteiger partial charge in [0, 0.05) is 33.2 Å². The molecule has 2 aromatic carbocycles. The molecule has 0 bridgehead atoms. The standard InChI is InChI=1S/C29H28N2O4S2/c1-33-21-12-8-19(9-13-21)30-23-18-24(25-6-4-16-36-25)31(20-10-14-22(34-2)15-11-20)28(26-7-5-17-37-26)27(23)29(32)35-3/h4-17,24,28,30H,18H2,1-3H3/t24-,28+/m0/s1. The second-order valence-corrected chi connectivity index (χ2v) is 10.5. The number of thiophene rings is 2. The van der Waals surface area contributed by atoms with Crippen LogP contribution >= 0.6 is 22.7 Å². The molecule has 1 N–H and O–H groups in total. The molecule has 37 heavy (non-hydrogen) atoms. The Balaban J connectivity index is 1.70. The molecule has 0 spiro atoms. The number of carbonyl (C=O) groups excluding carboxylic acids is 1. The Morgan fingerprint density at radius 2 is 1.43 bits per heavy atom. The van der Waals surface area contributed by atoms with Crippen molar-refractivity contribution in [2.75, 3.05) is 31.5 Å². The van der Waals surface area contributed by atoms with E-state index in [1.807, 2.05) is 47.8 Å². The first kappa shape index (κ1) is 24.9. The van der Waals surface area contributed by atoms with E-state index in [-0.39, 0.29) is 18.1 Å². The molecule has 0 saturated heterocycles. The smallest absolute Gasteiger partial charge is 0.338 e. The summed E-state index contributed by atoms with van der Waals surface area (Å²) in [6.07, 6.45) is 0.602. The van der Waals surface area contributed by atoms with E-state index in [2.05, 4.69) is 45.9 Å². The summed E-state index contributed by atoms with van der Waals surface area (Å²) in [6.45, 7) is 0. The topological polar surface area (TPSA) is 60.0 Å². The second-order valence-electron chi connectivity index (χ2n) is 8.50. The Hall–Kier alpha value is -3.75. The van der Waals surface area contributed by atoms with E-state index in [1.54, 1.807) is 36.9 Å². The van der Waals surface area contributed by atoms with Crippen LogP contribution in [0.25, 0.3) is 0 Å². The molecule has 0 saturated carbocycles. The quantitative estimate of drug-likeness (QED) is 0.245. The Kier molecular flexibility index (Phi) is 7.48. The molecule has 6 nitrogen and oxygen atoms in total. The number of hydrogen-bond donors (Lipinski definition) is 1. The predicted octanol–water partition coefficient (Wildman–Crippen LogP) is 7.06. The Morgan fingerprint density at radius 3 is 1.97 bits per heavy atom. The van der Waals surface area contributed by atoms with Gasteiger partial charge in [-0.3, -0.25) is 0 Å². The van der Waals surface area contributed by atoms with E-state index < -0.39 is 0 Å². The number of anilines is 2. The highest BCUT2D eigenvalue weighted by Gasteiger charge is 2.42. The highest BCUT2D eigenvalue weighted by molar-refractivity contribution is 7.10. The van der Waals surface area contributed by atoms with Crippen LogP contribution in [0.15, 0.2) is 94.8 Å². The van der Waals surface area contributed by atoms with Crippen LogP contribution in [0.5, 0.6) is 11.5 Å². The van der Waals surface area contributed by atoms with Crippen molar-refractivity contribution in [1.29, 1.82) is 0 Å². The molecule has 1 aliphatic rings. The minimum atomic E-state index is -0.349. The summed E-state index contributed by atoms with van der Waals surface area (Å²) in [7, 11) is 4.75. The fourth-order valence-electron chi connectivity index (χ4n) is 4.73. The molecule has 0 unspecified atom stereocenters. The molecule has 0 radical (unpaired) electrons. The minimum absolute atomic E-state index is 0.00495. The van der Waals surface area contributed by atoms with Gasteiger partial charge in [-0.1, -0.05) is 12.1 Å². The normalized spacial score (nSPS) is 17.4. The van der Waals surface area contributed by atoms with Crippen LogP contribution in [0.3, 0.4) is 0 Å². The van der Waals surface area contributed by atoms with E-state index in [4.69, 9.17) is 14.2 Å². The maximum Gasteiger partial charge on any atom is 0.338 e. The summed E-state index contributed by atoms with van der Waals surface area (Å²) in [4.78, 5) is 18.1. The van der Waals surface area contributed by atoms with Crippen LogP contribution in [0, 0.1) is 0 Å². The summed E-state index contributed by atoms with van der Waals surface area (Å²) in [6, 6.07) is 23.7. The van der Waals surface area contributed by atoms with Gasteiger partial charge in [-0.25, -0.2) is 4.79 Å². The van der Waals surface area contributed by atoms with Gasteiger partial charge in [-0.05, 0) is 71.4 Å². The molecule has 0 aliphatic carbocycles. The van der Waals surface area contributed by atoms with Crippen LogP contribution < -0.4 is 19.7 Å². The zero-order valence-corrected chi connectivity index (χ0v) is 22.5. The molecule has 2 atom stereocenters. The van der Waals surface area contributed by atoms with Crippen molar-refractivity contribution in [1.82, 2.24) is 0 Å².